The van der Waals surface area contributed by atoms with E-state index in [2.05, 4.69) is 29.4 Å². The molecular formula is C21H30N4O4. The van der Waals surface area contributed by atoms with Crippen LogP contribution in [0.1, 0.15) is 33.6 Å². The summed E-state index contributed by atoms with van der Waals surface area (Å²) in [4.78, 5) is 41.3. The second-order valence-electron chi connectivity index (χ2n) is 8.08. The third-order valence-corrected chi connectivity index (χ3v) is 5.34. The first-order valence-electron chi connectivity index (χ1n) is 10.2. The molecule has 2 N–H and O–H groups in total. The van der Waals surface area contributed by atoms with Gasteiger partial charge < -0.3 is 20.3 Å². The molecule has 8 nitrogen and oxygen atoms in total. The highest BCUT2D eigenvalue weighted by Gasteiger charge is 2.52. The van der Waals surface area contributed by atoms with Crippen LogP contribution in [0.15, 0.2) is 24.3 Å². The fourth-order valence-electron chi connectivity index (χ4n) is 3.98. The molecule has 3 rings (SSSR count). The molecular weight excluding hydrogens is 372 g/mol. The number of piperidine rings is 1. The number of amides is 4. The molecule has 0 aromatic heterocycles. The van der Waals surface area contributed by atoms with Crippen LogP contribution in [-0.2, 0) is 9.59 Å². The molecule has 158 valence electrons. The van der Waals surface area contributed by atoms with Gasteiger partial charge in [-0.05, 0) is 37.8 Å². The standard InChI is InChI=1S/C21H30N4O4/c1-4-29-17-8-6-5-7-16(17)22-18(26)14-25-19(27)21(23-20(25)28)9-11-24(12-10-21)13-15(2)3/h5-8,15H,4,9-14H2,1-3H3,(H,22,26)(H,23,28). The largest absolute Gasteiger partial charge is 0.492 e. The van der Waals surface area contributed by atoms with E-state index in [-0.39, 0.29) is 12.5 Å². The molecule has 2 saturated heterocycles. The number of anilines is 1. The molecule has 29 heavy (non-hydrogen) atoms. The Hall–Kier alpha value is -2.61. The third kappa shape index (κ3) is 4.70. The molecule has 0 aliphatic carbocycles. The van der Waals surface area contributed by atoms with Gasteiger partial charge in [-0.15, -0.1) is 0 Å². The van der Waals surface area contributed by atoms with Gasteiger partial charge in [-0.25, -0.2) is 4.79 Å². The molecule has 2 aliphatic heterocycles. The van der Waals surface area contributed by atoms with Gasteiger partial charge in [0.15, 0.2) is 0 Å². The molecule has 0 unspecified atom stereocenters. The maximum atomic E-state index is 13.0. The fraction of sp³-hybridized carbons (Fsp3) is 0.571. The van der Waals surface area contributed by atoms with Gasteiger partial charge in [-0.3, -0.25) is 14.5 Å². The summed E-state index contributed by atoms with van der Waals surface area (Å²) in [5.41, 5.74) is -0.364. The smallest absolute Gasteiger partial charge is 0.325 e. The Bertz CT molecular complexity index is 772. The lowest BCUT2D eigenvalue weighted by molar-refractivity contribution is -0.135. The van der Waals surface area contributed by atoms with Crippen molar-refractivity contribution >= 4 is 23.5 Å². The predicted molar refractivity (Wildman–Crippen MR) is 110 cm³/mol. The summed E-state index contributed by atoms with van der Waals surface area (Å²) in [7, 11) is 0. The number of hydrogen-bond donors (Lipinski definition) is 2. The molecule has 0 radical (unpaired) electrons. The number of rotatable bonds is 7. The van der Waals surface area contributed by atoms with Crippen molar-refractivity contribution < 1.29 is 19.1 Å². The average molecular weight is 402 g/mol. The first-order chi connectivity index (χ1) is 13.8. The predicted octanol–water partition coefficient (Wildman–Crippen LogP) is 2.07. The number of benzene rings is 1. The topological polar surface area (TPSA) is 91.0 Å². The van der Waals surface area contributed by atoms with Gasteiger partial charge in [0.1, 0.15) is 17.8 Å². The van der Waals surface area contributed by atoms with Crippen LogP contribution in [0.25, 0.3) is 0 Å². The highest BCUT2D eigenvalue weighted by atomic mass is 16.5. The Morgan fingerprint density at radius 2 is 1.93 bits per heavy atom. The number of hydrogen-bond acceptors (Lipinski definition) is 5. The Kier molecular flexibility index (Phi) is 6.42. The van der Waals surface area contributed by atoms with E-state index >= 15 is 0 Å². The normalized spacial score (nSPS) is 19.0. The van der Waals surface area contributed by atoms with Crippen molar-refractivity contribution in [1.29, 1.82) is 0 Å². The van der Waals surface area contributed by atoms with E-state index in [9.17, 15) is 14.4 Å². The summed E-state index contributed by atoms with van der Waals surface area (Å²) < 4.78 is 5.50. The van der Waals surface area contributed by atoms with Gasteiger partial charge in [-0.2, -0.15) is 0 Å². The van der Waals surface area contributed by atoms with E-state index in [1.807, 2.05) is 13.0 Å². The maximum Gasteiger partial charge on any atom is 0.325 e. The molecule has 1 aromatic carbocycles. The first kappa shape index (κ1) is 21.1. The van der Waals surface area contributed by atoms with Crippen molar-refractivity contribution in [3.63, 3.8) is 0 Å². The summed E-state index contributed by atoms with van der Waals surface area (Å²) in [5, 5.41) is 5.59. The number of likely N-dealkylation sites (tertiary alicyclic amines) is 1. The van der Waals surface area contributed by atoms with E-state index < -0.39 is 17.5 Å². The lowest BCUT2D eigenvalue weighted by atomic mass is 9.87. The van der Waals surface area contributed by atoms with Crippen LogP contribution in [-0.4, -0.2) is 66.0 Å². The zero-order valence-electron chi connectivity index (χ0n) is 17.4. The number of carbonyl (C=O) groups excluding carboxylic acids is 3. The second-order valence-corrected chi connectivity index (χ2v) is 8.08. The monoisotopic (exact) mass is 402 g/mol. The van der Waals surface area contributed by atoms with Gasteiger partial charge in [0, 0.05) is 19.6 Å². The van der Waals surface area contributed by atoms with Gasteiger partial charge in [-0.1, -0.05) is 26.0 Å². The van der Waals surface area contributed by atoms with Gasteiger partial charge in [0.2, 0.25) is 5.91 Å². The molecule has 0 atom stereocenters. The number of carbonyl (C=O) groups is 3. The Labute approximate surface area is 171 Å². The third-order valence-electron chi connectivity index (χ3n) is 5.34. The molecule has 1 aromatic rings. The second kappa shape index (κ2) is 8.82. The molecule has 2 fully saturated rings. The molecule has 1 spiro atoms. The quantitative estimate of drug-likeness (QED) is 0.682. The number of imide groups is 1. The summed E-state index contributed by atoms with van der Waals surface area (Å²) in [6.45, 7) is 8.83. The molecule has 4 amide bonds. The molecule has 0 saturated carbocycles. The van der Waals surface area contributed by atoms with Crippen LogP contribution >= 0.6 is 0 Å². The van der Waals surface area contributed by atoms with E-state index in [0.717, 1.165) is 24.5 Å². The number of ether oxygens (including phenoxy) is 1. The van der Waals surface area contributed by atoms with Crippen LogP contribution in [0.3, 0.4) is 0 Å². The lowest BCUT2D eigenvalue weighted by Crippen LogP contribution is -2.55. The average Bonchev–Trinajstić information content (AvgIpc) is 2.89. The van der Waals surface area contributed by atoms with E-state index in [4.69, 9.17) is 4.74 Å². The summed E-state index contributed by atoms with van der Waals surface area (Å²) in [6.07, 6.45) is 1.13. The molecule has 2 heterocycles. The molecule has 2 aliphatic rings. The Morgan fingerprint density at radius 3 is 2.59 bits per heavy atom. The van der Waals surface area contributed by atoms with E-state index in [1.165, 1.54) is 0 Å². The highest BCUT2D eigenvalue weighted by Crippen LogP contribution is 2.30. The number of nitrogens with zero attached hydrogens (tertiary/aromatic N) is 2. The minimum Gasteiger partial charge on any atom is -0.492 e. The number of para-hydroxylation sites is 2. The van der Waals surface area contributed by atoms with Crippen LogP contribution in [0, 0.1) is 5.92 Å². The van der Waals surface area contributed by atoms with Gasteiger partial charge >= 0.3 is 6.03 Å². The van der Waals surface area contributed by atoms with Crippen molar-refractivity contribution in [3.8, 4) is 5.75 Å². The summed E-state index contributed by atoms with van der Waals surface area (Å²) in [6, 6.07) is 6.58. The van der Waals surface area contributed by atoms with E-state index in [1.54, 1.807) is 18.2 Å². The van der Waals surface area contributed by atoms with Crippen LogP contribution in [0.5, 0.6) is 5.75 Å². The van der Waals surface area contributed by atoms with Crippen molar-refractivity contribution in [3.05, 3.63) is 24.3 Å². The maximum absolute atomic E-state index is 13.0. The minimum absolute atomic E-state index is 0.306. The van der Waals surface area contributed by atoms with Crippen molar-refractivity contribution in [2.45, 2.75) is 39.2 Å². The van der Waals surface area contributed by atoms with Crippen LogP contribution in [0.2, 0.25) is 0 Å². The van der Waals surface area contributed by atoms with Crippen molar-refractivity contribution in [2.24, 2.45) is 5.92 Å². The van der Waals surface area contributed by atoms with Crippen molar-refractivity contribution in [2.75, 3.05) is 38.1 Å². The molecule has 8 heteroatoms. The SMILES string of the molecule is CCOc1ccccc1NC(=O)CN1C(=O)NC2(CCN(CC(C)C)CC2)C1=O. The van der Waals surface area contributed by atoms with E-state index in [0.29, 0.717) is 36.8 Å². The Balaban J connectivity index is 1.61. The zero-order chi connectivity index (χ0) is 21.0. The number of urea groups is 1. The first-order valence-corrected chi connectivity index (χ1v) is 10.2. The van der Waals surface area contributed by atoms with Crippen LogP contribution in [0.4, 0.5) is 10.5 Å². The van der Waals surface area contributed by atoms with Gasteiger partial charge in [0.05, 0.1) is 12.3 Å². The van der Waals surface area contributed by atoms with Gasteiger partial charge in [0.25, 0.3) is 5.91 Å². The lowest BCUT2D eigenvalue weighted by Gasteiger charge is -2.37. The minimum atomic E-state index is -0.881. The van der Waals surface area contributed by atoms with Crippen LogP contribution < -0.4 is 15.4 Å². The summed E-state index contributed by atoms with van der Waals surface area (Å²) in [5.74, 6) is 0.363. The molecule has 0 bridgehead atoms. The van der Waals surface area contributed by atoms with Crippen molar-refractivity contribution in [1.82, 2.24) is 15.1 Å². The number of nitrogens with one attached hydrogen (secondary N) is 2. The summed E-state index contributed by atoms with van der Waals surface area (Å²) >= 11 is 0. The Morgan fingerprint density at radius 1 is 1.24 bits per heavy atom. The zero-order valence-corrected chi connectivity index (χ0v) is 17.4. The fourth-order valence-corrected chi connectivity index (χ4v) is 3.98. The highest BCUT2D eigenvalue weighted by molar-refractivity contribution is 6.10.